The number of rotatable bonds is 7. The third-order valence-electron chi connectivity index (χ3n) is 3.20. The van der Waals surface area contributed by atoms with E-state index in [4.69, 9.17) is 0 Å². The van der Waals surface area contributed by atoms with E-state index < -0.39 is 0 Å². The zero-order valence-corrected chi connectivity index (χ0v) is 13.5. The normalized spacial score (nSPS) is 13.1. The van der Waals surface area contributed by atoms with Crippen LogP contribution in [0.5, 0.6) is 0 Å². The molecular formula is C15H25BrN2. The quantitative estimate of drug-likeness (QED) is 0.810. The van der Waals surface area contributed by atoms with E-state index in [1.807, 2.05) is 0 Å². The largest absolute Gasteiger partial charge is 0.384 e. The first-order valence-corrected chi connectivity index (χ1v) is 7.48. The van der Waals surface area contributed by atoms with Crippen molar-refractivity contribution in [1.82, 2.24) is 4.90 Å². The second-order valence-electron chi connectivity index (χ2n) is 5.39. The second-order valence-corrected chi connectivity index (χ2v) is 6.31. The van der Waals surface area contributed by atoms with Crippen molar-refractivity contribution >= 4 is 21.6 Å². The summed E-state index contributed by atoms with van der Waals surface area (Å²) >= 11 is 3.44. The highest BCUT2D eigenvalue weighted by atomic mass is 79.9. The Morgan fingerprint density at radius 1 is 1.17 bits per heavy atom. The molecule has 0 bridgehead atoms. The average Bonchev–Trinajstić information content (AvgIpc) is 2.30. The van der Waals surface area contributed by atoms with Crippen LogP contribution in [0.15, 0.2) is 28.7 Å². The molecule has 0 saturated carbocycles. The lowest BCUT2D eigenvalue weighted by atomic mass is 10.0. The molecule has 0 radical (unpaired) electrons. The SMILES string of the molecule is CC(C)CC(C)N(C)CCNc1ccc(Br)cc1. The fraction of sp³-hybridized carbons (Fsp3) is 0.600. The van der Waals surface area contributed by atoms with E-state index in [1.165, 1.54) is 12.1 Å². The second kappa shape index (κ2) is 7.80. The van der Waals surface area contributed by atoms with Crippen LogP contribution in [-0.4, -0.2) is 31.1 Å². The Hall–Kier alpha value is -0.540. The van der Waals surface area contributed by atoms with Crippen molar-refractivity contribution in [2.45, 2.75) is 33.2 Å². The summed E-state index contributed by atoms with van der Waals surface area (Å²) in [5.74, 6) is 0.766. The van der Waals surface area contributed by atoms with Crippen LogP contribution in [-0.2, 0) is 0 Å². The minimum Gasteiger partial charge on any atom is -0.384 e. The topological polar surface area (TPSA) is 15.3 Å². The van der Waals surface area contributed by atoms with E-state index in [0.29, 0.717) is 6.04 Å². The zero-order chi connectivity index (χ0) is 13.5. The highest BCUT2D eigenvalue weighted by Gasteiger charge is 2.10. The molecule has 1 atom stereocenters. The summed E-state index contributed by atoms with van der Waals surface area (Å²) in [5.41, 5.74) is 1.18. The van der Waals surface area contributed by atoms with Crippen molar-refractivity contribution in [3.63, 3.8) is 0 Å². The lowest BCUT2D eigenvalue weighted by molar-refractivity contribution is 0.236. The maximum absolute atomic E-state index is 3.45. The Balaban J connectivity index is 2.26. The summed E-state index contributed by atoms with van der Waals surface area (Å²) in [6.07, 6.45) is 1.26. The van der Waals surface area contributed by atoms with Crippen LogP contribution in [0.2, 0.25) is 0 Å². The Labute approximate surface area is 120 Å². The Morgan fingerprint density at radius 3 is 2.33 bits per heavy atom. The number of likely N-dealkylation sites (N-methyl/N-ethyl adjacent to an activating group) is 1. The van der Waals surface area contributed by atoms with Crippen molar-refractivity contribution < 1.29 is 0 Å². The molecule has 1 aromatic rings. The summed E-state index contributed by atoms with van der Waals surface area (Å²) in [4.78, 5) is 2.42. The van der Waals surface area contributed by atoms with Gasteiger partial charge in [-0.3, -0.25) is 0 Å². The monoisotopic (exact) mass is 312 g/mol. The Bertz CT molecular complexity index is 335. The van der Waals surface area contributed by atoms with Crippen LogP contribution >= 0.6 is 15.9 Å². The fourth-order valence-electron chi connectivity index (χ4n) is 2.03. The first kappa shape index (κ1) is 15.5. The van der Waals surface area contributed by atoms with E-state index in [0.717, 1.165) is 23.5 Å². The summed E-state index contributed by atoms with van der Waals surface area (Å²) in [7, 11) is 2.20. The fourth-order valence-corrected chi connectivity index (χ4v) is 2.29. The molecule has 2 nitrogen and oxygen atoms in total. The molecule has 0 fully saturated rings. The third-order valence-corrected chi connectivity index (χ3v) is 3.73. The van der Waals surface area contributed by atoms with Crippen LogP contribution in [0.3, 0.4) is 0 Å². The predicted molar refractivity (Wildman–Crippen MR) is 84.2 cm³/mol. The Morgan fingerprint density at radius 2 is 1.78 bits per heavy atom. The summed E-state index contributed by atoms with van der Waals surface area (Å²) in [6.45, 7) is 8.93. The van der Waals surface area contributed by atoms with E-state index >= 15 is 0 Å². The number of hydrogen-bond donors (Lipinski definition) is 1. The molecule has 0 aromatic heterocycles. The van der Waals surface area contributed by atoms with Gasteiger partial charge in [-0.15, -0.1) is 0 Å². The number of halogens is 1. The lowest BCUT2D eigenvalue weighted by Gasteiger charge is -2.26. The molecule has 1 rings (SSSR count). The van der Waals surface area contributed by atoms with Gasteiger partial charge < -0.3 is 10.2 Å². The molecule has 0 aliphatic heterocycles. The highest BCUT2D eigenvalue weighted by molar-refractivity contribution is 9.10. The van der Waals surface area contributed by atoms with Crippen molar-refractivity contribution in [2.75, 3.05) is 25.5 Å². The third kappa shape index (κ3) is 5.87. The molecule has 1 unspecified atom stereocenters. The van der Waals surface area contributed by atoms with Gasteiger partial charge in [-0.2, -0.15) is 0 Å². The summed E-state index contributed by atoms with van der Waals surface area (Å²) in [5, 5.41) is 3.45. The van der Waals surface area contributed by atoms with Crippen LogP contribution < -0.4 is 5.32 Å². The molecule has 0 saturated heterocycles. The molecule has 102 valence electrons. The maximum Gasteiger partial charge on any atom is 0.0341 e. The maximum atomic E-state index is 3.45. The molecule has 1 N–H and O–H groups in total. The van der Waals surface area contributed by atoms with Gasteiger partial charge in [-0.25, -0.2) is 0 Å². The minimum absolute atomic E-state index is 0.650. The van der Waals surface area contributed by atoms with Crippen LogP contribution in [0.1, 0.15) is 27.2 Å². The van der Waals surface area contributed by atoms with E-state index in [1.54, 1.807) is 0 Å². The standard InChI is InChI=1S/C15H25BrN2/c1-12(2)11-13(3)18(4)10-9-17-15-7-5-14(16)6-8-15/h5-8,12-13,17H,9-11H2,1-4H3. The van der Waals surface area contributed by atoms with Gasteiger partial charge in [0.1, 0.15) is 0 Å². The Kier molecular flexibility index (Phi) is 6.72. The number of hydrogen-bond acceptors (Lipinski definition) is 2. The van der Waals surface area contributed by atoms with E-state index in [-0.39, 0.29) is 0 Å². The predicted octanol–water partition coefficient (Wildman–Crippen LogP) is 4.23. The van der Waals surface area contributed by atoms with E-state index in [9.17, 15) is 0 Å². The molecule has 0 heterocycles. The molecule has 0 spiro atoms. The van der Waals surface area contributed by atoms with Crippen molar-refractivity contribution in [2.24, 2.45) is 5.92 Å². The van der Waals surface area contributed by atoms with Crippen LogP contribution in [0.4, 0.5) is 5.69 Å². The van der Waals surface area contributed by atoms with Gasteiger partial charge in [-0.1, -0.05) is 29.8 Å². The van der Waals surface area contributed by atoms with Crippen molar-refractivity contribution in [3.8, 4) is 0 Å². The average molecular weight is 313 g/mol. The molecule has 1 aromatic carbocycles. The molecule has 0 aliphatic rings. The first-order valence-electron chi connectivity index (χ1n) is 6.68. The number of benzene rings is 1. The first-order chi connectivity index (χ1) is 8.49. The van der Waals surface area contributed by atoms with Crippen molar-refractivity contribution in [3.05, 3.63) is 28.7 Å². The summed E-state index contributed by atoms with van der Waals surface area (Å²) in [6, 6.07) is 8.97. The van der Waals surface area contributed by atoms with Gasteiger partial charge in [0.15, 0.2) is 0 Å². The smallest absolute Gasteiger partial charge is 0.0341 e. The zero-order valence-electron chi connectivity index (χ0n) is 11.9. The molecule has 18 heavy (non-hydrogen) atoms. The molecule has 3 heteroatoms. The molecule has 0 amide bonds. The minimum atomic E-state index is 0.650. The van der Waals surface area contributed by atoms with Gasteiger partial charge in [0.05, 0.1) is 0 Å². The van der Waals surface area contributed by atoms with Gasteiger partial charge in [0, 0.05) is 29.3 Å². The molecule has 0 aliphatic carbocycles. The van der Waals surface area contributed by atoms with Crippen LogP contribution in [0.25, 0.3) is 0 Å². The highest BCUT2D eigenvalue weighted by Crippen LogP contribution is 2.14. The van der Waals surface area contributed by atoms with Crippen LogP contribution in [0, 0.1) is 5.92 Å². The summed E-state index contributed by atoms with van der Waals surface area (Å²) < 4.78 is 1.12. The van der Waals surface area contributed by atoms with E-state index in [2.05, 4.69) is 78.2 Å². The van der Waals surface area contributed by atoms with Crippen molar-refractivity contribution in [1.29, 1.82) is 0 Å². The number of anilines is 1. The van der Waals surface area contributed by atoms with Gasteiger partial charge in [0.2, 0.25) is 0 Å². The van der Waals surface area contributed by atoms with Gasteiger partial charge in [0.25, 0.3) is 0 Å². The molecular weight excluding hydrogens is 288 g/mol. The van der Waals surface area contributed by atoms with Gasteiger partial charge >= 0.3 is 0 Å². The number of nitrogens with one attached hydrogen (secondary N) is 1. The van der Waals surface area contributed by atoms with Gasteiger partial charge in [-0.05, 0) is 50.6 Å². The lowest BCUT2D eigenvalue weighted by Crippen LogP contribution is -2.34. The number of nitrogens with zero attached hydrogens (tertiary/aromatic N) is 1.